The maximum Gasteiger partial charge on any atom is 0.410 e. The number of rotatable bonds is 2. The Morgan fingerprint density at radius 3 is 2.47 bits per heavy atom. The highest BCUT2D eigenvalue weighted by Crippen LogP contribution is 2.76. The number of likely N-dealkylation sites (tertiary alicyclic amines) is 1. The summed E-state index contributed by atoms with van der Waals surface area (Å²) < 4.78 is 5.42. The maximum atomic E-state index is 12.0. The van der Waals surface area contributed by atoms with Crippen molar-refractivity contribution in [3.8, 4) is 0 Å². The minimum Gasteiger partial charge on any atom is -0.444 e. The highest BCUT2D eigenvalue weighted by molar-refractivity contribution is 5.69. The molecule has 19 heavy (non-hydrogen) atoms. The van der Waals surface area contributed by atoms with Gasteiger partial charge in [0.1, 0.15) is 11.9 Å². The Balaban J connectivity index is 1.54. The highest BCUT2D eigenvalue weighted by atomic mass is 16.6. The zero-order valence-electron chi connectivity index (χ0n) is 12.1. The Kier molecular flexibility index (Phi) is 2.55. The maximum absolute atomic E-state index is 12.0. The summed E-state index contributed by atoms with van der Waals surface area (Å²) >= 11 is 0. The van der Waals surface area contributed by atoms with Crippen molar-refractivity contribution < 1.29 is 14.3 Å². The van der Waals surface area contributed by atoms with E-state index in [0.717, 1.165) is 45.1 Å². The molecule has 4 fully saturated rings. The van der Waals surface area contributed by atoms with Gasteiger partial charge in [0.05, 0.1) is 0 Å². The molecule has 1 aliphatic heterocycles. The predicted molar refractivity (Wildman–Crippen MR) is 70.7 cm³/mol. The number of aldehydes is 1. The highest BCUT2D eigenvalue weighted by Gasteiger charge is 2.70. The number of hydrogen-bond donors (Lipinski definition) is 0. The molecule has 4 nitrogen and oxygen atoms in total. The minimum atomic E-state index is -0.424. The zero-order valence-corrected chi connectivity index (χ0v) is 12.1. The van der Waals surface area contributed by atoms with E-state index >= 15 is 0 Å². The Morgan fingerprint density at radius 2 is 1.95 bits per heavy atom. The molecule has 0 aromatic rings. The molecule has 0 aromatic heterocycles. The molecule has 1 heterocycles. The largest absolute Gasteiger partial charge is 0.444 e. The number of ether oxygens (including phenoxy) is 1. The number of carbonyl (C=O) groups excluding carboxylic acids is 2. The summed E-state index contributed by atoms with van der Waals surface area (Å²) in [5.74, 6) is 0.571. The van der Waals surface area contributed by atoms with E-state index in [9.17, 15) is 9.59 Å². The van der Waals surface area contributed by atoms with Crippen LogP contribution in [0.1, 0.15) is 46.5 Å². The molecule has 0 spiro atoms. The van der Waals surface area contributed by atoms with Gasteiger partial charge in [0.2, 0.25) is 0 Å². The summed E-state index contributed by atoms with van der Waals surface area (Å²) in [4.78, 5) is 24.8. The van der Waals surface area contributed by atoms with Crippen LogP contribution in [-0.4, -0.2) is 36.0 Å². The zero-order chi connectivity index (χ0) is 13.9. The molecule has 4 aliphatic rings. The lowest BCUT2D eigenvalue weighted by atomic mass is 9.32. The minimum absolute atomic E-state index is 0.0271. The molecular weight excluding hydrogens is 242 g/mol. The van der Waals surface area contributed by atoms with E-state index in [1.807, 2.05) is 25.7 Å². The van der Waals surface area contributed by atoms with Crippen molar-refractivity contribution in [1.82, 2.24) is 4.90 Å². The van der Waals surface area contributed by atoms with Gasteiger partial charge < -0.3 is 14.4 Å². The van der Waals surface area contributed by atoms with Crippen LogP contribution in [0.3, 0.4) is 0 Å². The Labute approximate surface area is 114 Å². The van der Waals surface area contributed by atoms with Crippen molar-refractivity contribution in [2.45, 2.75) is 52.1 Å². The second-order valence-electron chi connectivity index (χ2n) is 7.78. The summed E-state index contributed by atoms with van der Waals surface area (Å²) in [5, 5.41) is 0. The monoisotopic (exact) mass is 265 g/mol. The van der Waals surface area contributed by atoms with Crippen LogP contribution >= 0.6 is 0 Å². The first-order valence-corrected chi connectivity index (χ1v) is 7.22. The Hall–Kier alpha value is -1.06. The van der Waals surface area contributed by atoms with Gasteiger partial charge in [0.15, 0.2) is 0 Å². The molecule has 0 N–H and O–H groups in total. The quantitative estimate of drug-likeness (QED) is 0.721. The third kappa shape index (κ3) is 1.96. The van der Waals surface area contributed by atoms with Crippen molar-refractivity contribution >= 4 is 12.4 Å². The third-order valence-corrected chi connectivity index (χ3v) is 5.07. The summed E-state index contributed by atoms with van der Waals surface area (Å²) in [6.45, 7) is 7.30. The molecule has 1 amide bonds. The van der Waals surface area contributed by atoms with Crippen LogP contribution < -0.4 is 0 Å². The molecule has 2 bridgehead atoms. The molecule has 4 rings (SSSR count). The van der Waals surface area contributed by atoms with Crippen LogP contribution in [-0.2, 0) is 9.53 Å². The number of hydrogen-bond acceptors (Lipinski definition) is 3. The molecule has 0 aromatic carbocycles. The first-order valence-electron chi connectivity index (χ1n) is 7.22. The topological polar surface area (TPSA) is 46.6 Å². The SMILES string of the molecule is CC(C)(C)OC(=O)N1CCC(C23CC(C=O)(C2)C3)C1. The van der Waals surface area contributed by atoms with Crippen LogP contribution in [0.15, 0.2) is 0 Å². The normalized spacial score (nSPS) is 40.4. The van der Waals surface area contributed by atoms with Gasteiger partial charge in [-0.15, -0.1) is 0 Å². The lowest BCUT2D eigenvalue weighted by Crippen LogP contribution is -2.65. The van der Waals surface area contributed by atoms with Crippen LogP contribution in [0.2, 0.25) is 0 Å². The van der Waals surface area contributed by atoms with Crippen LogP contribution in [0.25, 0.3) is 0 Å². The first-order chi connectivity index (χ1) is 8.78. The number of nitrogens with zero attached hydrogens (tertiary/aromatic N) is 1. The van der Waals surface area contributed by atoms with Gasteiger partial charge in [-0.2, -0.15) is 0 Å². The van der Waals surface area contributed by atoms with Crippen LogP contribution in [0, 0.1) is 16.7 Å². The van der Waals surface area contributed by atoms with Gasteiger partial charge in [-0.05, 0) is 57.8 Å². The van der Waals surface area contributed by atoms with Crippen molar-refractivity contribution in [3.05, 3.63) is 0 Å². The van der Waals surface area contributed by atoms with Crippen LogP contribution in [0.4, 0.5) is 4.79 Å². The van der Waals surface area contributed by atoms with E-state index < -0.39 is 5.60 Å². The summed E-state index contributed by atoms with van der Waals surface area (Å²) in [6.07, 6.45) is 5.18. The Morgan fingerprint density at radius 1 is 1.32 bits per heavy atom. The van der Waals surface area contributed by atoms with Crippen molar-refractivity contribution in [3.63, 3.8) is 0 Å². The van der Waals surface area contributed by atoms with Gasteiger partial charge in [0, 0.05) is 18.5 Å². The molecule has 1 saturated heterocycles. The molecule has 4 heteroatoms. The van der Waals surface area contributed by atoms with Crippen molar-refractivity contribution in [2.24, 2.45) is 16.7 Å². The van der Waals surface area contributed by atoms with E-state index in [1.165, 1.54) is 0 Å². The second-order valence-corrected chi connectivity index (χ2v) is 7.78. The van der Waals surface area contributed by atoms with Gasteiger partial charge in [-0.3, -0.25) is 0 Å². The molecule has 1 unspecified atom stereocenters. The van der Waals surface area contributed by atoms with Gasteiger partial charge in [-0.1, -0.05) is 0 Å². The molecule has 3 aliphatic carbocycles. The first kappa shape index (κ1) is 12.9. The number of carbonyl (C=O) groups is 2. The summed E-state index contributed by atoms with van der Waals surface area (Å²) in [6, 6.07) is 0. The predicted octanol–water partition coefficient (Wildman–Crippen LogP) is 2.61. The lowest BCUT2D eigenvalue weighted by molar-refractivity contribution is -0.216. The van der Waals surface area contributed by atoms with Gasteiger partial charge in [0.25, 0.3) is 0 Å². The van der Waals surface area contributed by atoms with E-state index in [0.29, 0.717) is 11.3 Å². The smallest absolute Gasteiger partial charge is 0.410 e. The molecule has 106 valence electrons. The van der Waals surface area contributed by atoms with Crippen molar-refractivity contribution in [2.75, 3.05) is 13.1 Å². The van der Waals surface area contributed by atoms with Crippen LogP contribution in [0.5, 0.6) is 0 Å². The molecule has 0 radical (unpaired) electrons. The molecular formula is C15H23NO3. The summed E-state index contributed by atoms with van der Waals surface area (Å²) in [5.41, 5.74) is -0.0237. The van der Waals surface area contributed by atoms with E-state index in [2.05, 4.69) is 0 Å². The van der Waals surface area contributed by atoms with Gasteiger partial charge in [-0.25, -0.2) is 4.79 Å². The lowest BCUT2D eigenvalue weighted by Gasteiger charge is -2.71. The second kappa shape index (κ2) is 3.74. The van der Waals surface area contributed by atoms with E-state index in [4.69, 9.17) is 4.74 Å². The summed E-state index contributed by atoms with van der Waals surface area (Å²) in [7, 11) is 0. The standard InChI is InChI=1S/C15H23NO3/c1-13(2,3)19-12(18)16-5-4-11(6-16)15-7-14(8-15,9-15)10-17/h10-11H,4-9H2,1-3H3. The molecule has 1 atom stereocenters. The molecule has 3 saturated carbocycles. The van der Waals surface area contributed by atoms with E-state index in [-0.39, 0.29) is 11.5 Å². The van der Waals surface area contributed by atoms with Crippen molar-refractivity contribution in [1.29, 1.82) is 0 Å². The fourth-order valence-electron chi connectivity index (χ4n) is 4.26. The Bertz CT molecular complexity index is 404. The fraction of sp³-hybridized carbons (Fsp3) is 0.867. The number of amides is 1. The van der Waals surface area contributed by atoms with E-state index in [1.54, 1.807) is 0 Å². The average molecular weight is 265 g/mol. The third-order valence-electron chi connectivity index (χ3n) is 5.07. The average Bonchev–Trinajstić information content (AvgIpc) is 2.61. The fourth-order valence-corrected chi connectivity index (χ4v) is 4.26. The van der Waals surface area contributed by atoms with Gasteiger partial charge >= 0.3 is 6.09 Å².